The van der Waals surface area contributed by atoms with Crippen molar-refractivity contribution in [1.29, 1.82) is 0 Å². The van der Waals surface area contributed by atoms with Gasteiger partial charge in [0, 0.05) is 31.9 Å². The number of halogens is 1. The number of para-hydroxylation sites is 1. The minimum Gasteiger partial charge on any atom is -0.478 e. The summed E-state index contributed by atoms with van der Waals surface area (Å²) in [4.78, 5) is 16.1. The van der Waals surface area contributed by atoms with Crippen molar-refractivity contribution < 1.29 is 22.7 Å². The summed E-state index contributed by atoms with van der Waals surface area (Å²) in [5.41, 5.74) is 3.66. The van der Waals surface area contributed by atoms with Gasteiger partial charge in [-0.15, -0.1) is 0 Å². The molecule has 0 aromatic heterocycles. The number of nitrogens with one attached hydrogen (secondary N) is 1. The molecule has 0 atom stereocenters. The van der Waals surface area contributed by atoms with E-state index >= 15 is 0 Å². The molecule has 0 saturated carbocycles. The van der Waals surface area contributed by atoms with Gasteiger partial charge in [0.05, 0.1) is 21.8 Å². The maximum Gasteiger partial charge on any atom is 0.337 e. The van der Waals surface area contributed by atoms with Crippen LogP contribution in [0.3, 0.4) is 0 Å². The lowest BCUT2D eigenvalue weighted by atomic mass is 10.1. The quantitative estimate of drug-likeness (QED) is 0.518. The number of anilines is 3. The summed E-state index contributed by atoms with van der Waals surface area (Å²) in [7, 11) is -3.90. The Balaban J connectivity index is 1.56. The lowest BCUT2D eigenvalue weighted by Crippen LogP contribution is -2.47. The van der Waals surface area contributed by atoms with E-state index in [4.69, 9.17) is 0 Å². The molecule has 4 rings (SSSR count). The smallest absolute Gasteiger partial charge is 0.337 e. The zero-order chi connectivity index (χ0) is 25.3. The molecular formula is C26H28FN3O4S. The van der Waals surface area contributed by atoms with E-state index in [9.17, 15) is 22.7 Å². The number of carbonyl (C=O) groups is 1. The molecule has 0 bridgehead atoms. The number of hydrogen-bond acceptors (Lipinski definition) is 5. The third kappa shape index (κ3) is 5.09. The maximum absolute atomic E-state index is 14.1. The summed E-state index contributed by atoms with van der Waals surface area (Å²) < 4.78 is 42.8. The molecule has 3 aromatic rings. The van der Waals surface area contributed by atoms with E-state index in [0.29, 0.717) is 43.1 Å². The fraction of sp³-hybridized carbons (Fsp3) is 0.269. The summed E-state index contributed by atoms with van der Waals surface area (Å²) in [6, 6.07) is 14.5. The molecule has 0 spiro atoms. The van der Waals surface area contributed by atoms with Crippen molar-refractivity contribution in [2.45, 2.75) is 25.7 Å². The first-order chi connectivity index (χ1) is 16.6. The Morgan fingerprint density at radius 2 is 1.46 bits per heavy atom. The minimum atomic E-state index is -3.90. The van der Waals surface area contributed by atoms with Crippen LogP contribution >= 0.6 is 0 Å². The highest BCUT2D eigenvalue weighted by atomic mass is 32.2. The van der Waals surface area contributed by atoms with E-state index in [1.165, 1.54) is 12.1 Å². The maximum atomic E-state index is 14.1. The van der Waals surface area contributed by atoms with E-state index in [0.717, 1.165) is 11.1 Å². The Labute approximate surface area is 204 Å². The molecule has 1 fully saturated rings. The number of hydrogen-bond donors (Lipinski definition) is 2. The molecule has 0 unspecified atom stereocenters. The Kier molecular flexibility index (Phi) is 6.71. The third-order valence-electron chi connectivity index (χ3n) is 6.37. The highest BCUT2D eigenvalue weighted by Crippen LogP contribution is 2.29. The number of nitrogens with zero attached hydrogens (tertiary/aromatic N) is 2. The SMILES string of the molecule is Cc1cc(C)c(S(=O)(=O)Nc2ccc(N3CCN(c4ccccc4F)CC3)c(C(=O)O)c2)cc1C. The number of aromatic carboxylic acids is 1. The van der Waals surface area contributed by atoms with Crippen molar-refractivity contribution in [3.8, 4) is 0 Å². The van der Waals surface area contributed by atoms with E-state index in [-0.39, 0.29) is 22.0 Å². The molecular weight excluding hydrogens is 469 g/mol. The molecule has 1 aliphatic heterocycles. The Bertz CT molecular complexity index is 1380. The standard InChI is InChI=1S/C26H28FN3O4S/c1-17-14-19(3)25(15-18(17)2)35(33,34)28-20-8-9-23(21(16-20)26(31)32)29-10-12-30(13-11-29)24-7-5-4-6-22(24)27/h4-9,14-16,28H,10-13H2,1-3H3,(H,31,32). The van der Waals surface area contributed by atoms with Crippen LogP contribution < -0.4 is 14.5 Å². The lowest BCUT2D eigenvalue weighted by Gasteiger charge is -2.38. The van der Waals surface area contributed by atoms with E-state index in [1.54, 1.807) is 43.3 Å². The zero-order valence-corrected chi connectivity index (χ0v) is 20.7. The van der Waals surface area contributed by atoms with Gasteiger partial charge in [0.2, 0.25) is 0 Å². The van der Waals surface area contributed by atoms with Gasteiger partial charge < -0.3 is 14.9 Å². The molecule has 7 nitrogen and oxygen atoms in total. The first kappa shape index (κ1) is 24.5. The van der Waals surface area contributed by atoms with E-state index < -0.39 is 16.0 Å². The predicted octanol–water partition coefficient (Wildman–Crippen LogP) is 4.58. The molecule has 184 valence electrons. The van der Waals surface area contributed by atoms with Crippen LogP contribution in [0.1, 0.15) is 27.0 Å². The van der Waals surface area contributed by atoms with Crippen LogP contribution in [0.4, 0.5) is 21.5 Å². The number of rotatable bonds is 6. The summed E-state index contributed by atoms with van der Waals surface area (Å²) in [6.07, 6.45) is 0. The summed E-state index contributed by atoms with van der Waals surface area (Å²) in [6.45, 7) is 7.55. The molecule has 2 N–H and O–H groups in total. The van der Waals surface area contributed by atoms with Gasteiger partial charge in [0.1, 0.15) is 5.82 Å². The first-order valence-corrected chi connectivity index (χ1v) is 12.8. The van der Waals surface area contributed by atoms with Gasteiger partial charge in [-0.3, -0.25) is 4.72 Å². The number of carboxylic acid groups (broad SMARTS) is 1. The van der Waals surface area contributed by atoms with Gasteiger partial charge in [-0.25, -0.2) is 17.6 Å². The van der Waals surface area contributed by atoms with Crippen molar-refractivity contribution >= 4 is 33.1 Å². The van der Waals surface area contributed by atoms with E-state index in [2.05, 4.69) is 4.72 Å². The summed E-state index contributed by atoms with van der Waals surface area (Å²) >= 11 is 0. The molecule has 0 aliphatic carbocycles. The number of piperazine rings is 1. The predicted molar refractivity (Wildman–Crippen MR) is 136 cm³/mol. The number of sulfonamides is 1. The molecule has 35 heavy (non-hydrogen) atoms. The summed E-state index contributed by atoms with van der Waals surface area (Å²) in [5.74, 6) is -1.44. The van der Waals surface area contributed by atoms with Crippen LogP contribution in [0.2, 0.25) is 0 Å². The molecule has 1 heterocycles. The lowest BCUT2D eigenvalue weighted by molar-refractivity contribution is 0.0697. The number of carboxylic acids is 1. The van der Waals surface area contributed by atoms with Crippen molar-refractivity contribution in [2.75, 3.05) is 40.7 Å². The fourth-order valence-electron chi connectivity index (χ4n) is 4.38. The average molecular weight is 498 g/mol. The van der Waals surface area contributed by atoms with Crippen LogP contribution in [0.15, 0.2) is 59.5 Å². The summed E-state index contributed by atoms with van der Waals surface area (Å²) in [5, 5.41) is 9.85. The van der Waals surface area contributed by atoms with Crippen LogP contribution in [0.25, 0.3) is 0 Å². The monoisotopic (exact) mass is 497 g/mol. The largest absolute Gasteiger partial charge is 0.478 e. The van der Waals surface area contributed by atoms with Gasteiger partial charge in [-0.05, 0) is 73.9 Å². The second-order valence-electron chi connectivity index (χ2n) is 8.77. The second kappa shape index (κ2) is 9.58. The average Bonchev–Trinajstić information content (AvgIpc) is 2.81. The zero-order valence-electron chi connectivity index (χ0n) is 19.9. The topological polar surface area (TPSA) is 90.0 Å². The number of benzene rings is 3. The van der Waals surface area contributed by atoms with Gasteiger partial charge >= 0.3 is 5.97 Å². The minimum absolute atomic E-state index is 0.00125. The van der Waals surface area contributed by atoms with Gasteiger partial charge in [-0.1, -0.05) is 18.2 Å². The van der Waals surface area contributed by atoms with Crippen molar-refractivity contribution in [3.05, 3.63) is 82.7 Å². The first-order valence-electron chi connectivity index (χ1n) is 11.3. The van der Waals surface area contributed by atoms with Crippen LogP contribution in [0, 0.1) is 26.6 Å². The normalized spacial score (nSPS) is 14.2. The highest BCUT2D eigenvalue weighted by Gasteiger charge is 2.24. The third-order valence-corrected chi connectivity index (χ3v) is 7.90. The second-order valence-corrected chi connectivity index (χ2v) is 10.4. The van der Waals surface area contributed by atoms with Crippen molar-refractivity contribution in [2.24, 2.45) is 0 Å². The fourth-order valence-corrected chi connectivity index (χ4v) is 5.74. The molecule has 1 saturated heterocycles. The van der Waals surface area contributed by atoms with Crippen LogP contribution in [-0.2, 0) is 10.0 Å². The molecule has 9 heteroatoms. The van der Waals surface area contributed by atoms with Gasteiger partial charge in [-0.2, -0.15) is 0 Å². The van der Waals surface area contributed by atoms with Gasteiger partial charge in [0.15, 0.2) is 0 Å². The Hall–Kier alpha value is -3.59. The van der Waals surface area contributed by atoms with Crippen molar-refractivity contribution in [3.63, 3.8) is 0 Å². The Morgan fingerprint density at radius 3 is 2.09 bits per heavy atom. The molecule has 0 amide bonds. The Morgan fingerprint density at radius 1 is 0.857 bits per heavy atom. The highest BCUT2D eigenvalue weighted by molar-refractivity contribution is 7.92. The van der Waals surface area contributed by atoms with Gasteiger partial charge in [0.25, 0.3) is 10.0 Å². The molecule has 1 aliphatic rings. The van der Waals surface area contributed by atoms with E-state index in [1.807, 2.05) is 29.7 Å². The van der Waals surface area contributed by atoms with Crippen LogP contribution in [0.5, 0.6) is 0 Å². The molecule has 0 radical (unpaired) electrons. The van der Waals surface area contributed by atoms with Crippen molar-refractivity contribution in [1.82, 2.24) is 0 Å². The number of aryl methyl sites for hydroxylation is 3. The van der Waals surface area contributed by atoms with Crippen LogP contribution in [-0.4, -0.2) is 45.7 Å². The molecule has 3 aromatic carbocycles.